The standard InChI is InChI=1S/C13H36O5Si4/c1-19(2,3)16-21(7,8)18-22(9,17-20(4,5)6)12-10-11-13(14)15/h13-15H,10-12H2,1-9H3. The summed E-state index contributed by atoms with van der Waals surface area (Å²) >= 11 is 0. The molecule has 22 heavy (non-hydrogen) atoms. The summed E-state index contributed by atoms with van der Waals surface area (Å²) in [6, 6.07) is 0.764. The van der Waals surface area contributed by atoms with Crippen LogP contribution in [0.15, 0.2) is 0 Å². The zero-order valence-electron chi connectivity index (χ0n) is 15.8. The van der Waals surface area contributed by atoms with Crippen molar-refractivity contribution in [3.63, 3.8) is 0 Å². The molecular weight excluding hydrogens is 348 g/mol. The van der Waals surface area contributed by atoms with E-state index in [-0.39, 0.29) is 0 Å². The summed E-state index contributed by atoms with van der Waals surface area (Å²) in [6.07, 6.45) is -0.200. The van der Waals surface area contributed by atoms with Gasteiger partial charge in [-0.25, -0.2) is 0 Å². The van der Waals surface area contributed by atoms with Crippen molar-refractivity contribution in [1.82, 2.24) is 0 Å². The minimum atomic E-state index is -2.39. The monoisotopic (exact) mass is 384 g/mol. The van der Waals surface area contributed by atoms with Crippen molar-refractivity contribution in [1.29, 1.82) is 0 Å². The molecule has 0 aliphatic heterocycles. The topological polar surface area (TPSA) is 68.2 Å². The van der Waals surface area contributed by atoms with E-state index in [4.69, 9.17) is 22.6 Å². The first-order valence-corrected chi connectivity index (χ1v) is 20.2. The van der Waals surface area contributed by atoms with Crippen LogP contribution in [0.5, 0.6) is 0 Å². The van der Waals surface area contributed by atoms with Gasteiger partial charge in [0.15, 0.2) is 22.9 Å². The lowest BCUT2D eigenvalue weighted by Crippen LogP contribution is -2.56. The highest BCUT2D eigenvalue weighted by molar-refractivity contribution is 6.89. The Kier molecular flexibility index (Phi) is 8.41. The lowest BCUT2D eigenvalue weighted by atomic mass is 10.3. The molecule has 0 bridgehead atoms. The molecule has 0 radical (unpaired) electrons. The van der Waals surface area contributed by atoms with Crippen LogP contribution in [0.2, 0.25) is 65.0 Å². The molecule has 0 aromatic heterocycles. The second-order valence-corrected chi connectivity index (χ2v) is 24.9. The number of aliphatic hydroxyl groups is 2. The maximum atomic E-state index is 9.05. The largest absolute Gasteiger partial charge is 0.437 e. The maximum Gasteiger partial charge on any atom is 0.315 e. The van der Waals surface area contributed by atoms with E-state index in [9.17, 15) is 0 Å². The normalized spacial score (nSPS) is 16.9. The Balaban J connectivity index is 4.98. The SMILES string of the molecule is C[Si](C)(C)O[Si](C)(C)O[Si](C)(CCCC(O)O)O[Si](C)(C)C. The van der Waals surface area contributed by atoms with Gasteiger partial charge in [-0.3, -0.25) is 0 Å². The summed E-state index contributed by atoms with van der Waals surface area (Å²) in [4.78, 5) is 0. The van der Waals surface area contributed by atoms with Crippen molar-refractivity contribution in [3.05, 3.63) is 0 Å². The molecule has 1 unspecified atom stereocenters. The highest BCUT2D eigenvalue weighted by atomic mass is 28.5. The van der Waals surface area contributed by atoms with Gasteiger partial charge in [-0.2, -0.15) is 0 Å². The third-order valence-electron chi connectivity index (χ3n) is 2.63. The first-order chi connectivity index (χ1) is 9.54. The third-order valence-corrected chi connectivity index (χ3v) is 16.2. The molecule has 9 heteroatoms. The van der Waals surface area contributed by atoms with Crippen LogP contribution in [0.4, 0.5) is 0 Å². The summed E-state index contributed by atoms with van der Waals surface area (Å²) in [7, 11) is -8.05. The highest BCUT2D eigenvalue weighted by Gasteiger charge is 2.44. The van der Waals surface area contributed by atoms with E-state index in [0.717, 1.165) is 6.04 Å². The molecule has 0 saturated carbocycles. The Labute approximate surface area is 140 Å². The summed E-state index contributed by atoms with van der Waals surface area (Å²) in [5.74, 6) is 0. The maximum absolute atomic E-state index is 9.05. The molecule has 1 atom stereocenters. The van der Waals surface area contributed by atoms with Gasteiger partial charge in [0, 0.05) is 0 Å². The summed E-state index contributed by atoms with van der Waals surface area (Å²) in [5, 5.41) is 18.1. The quantitative estimate of drug-likeness (QED) is 0.445. The molecule has 0 aromatic rings. The summed E-state index contributed by atoms with van der Waals surface area (Å²) < 4.78 is 19.2. The Hall–Kier alpha value is 0.668. The second kappa shape index (κ2) is 8.17. The van der Waals surface area contributed by atoms with Crippen LogP contribution in [0.25, 0.3) is 0 Å². The van der Waals surface area contributed by atoms with Crippen molar-refractivity contribution in [3.8, 4) is 0 Å². The lowest BCUT2D eigenvalue weighted by molar-refractivity contribution is -0.0455. The van der Waals surface area contributed by atoms with Crippen LogP contribution in [0.3, 0.4) is 0 Å². The molecule has 0 rings (SSSR count). The van der Waals surface area contributed by atoms with Gasteiger partial charge >= 0.3 is 17.1 Å². The molecule has 0 aliphatic carbocycles. The van der Waals surface area contributed by atoms with Gasteiger partial charge in [-0.15, -0.1) is 0 Å². The molecule has 2 N–H and O–H groups in total. The van der Waals surface area contributed by atoms with Gasteiger partial charge in [-0.05, 0) is 77.8 Å². The predicted octanol–water partition coefficient (Wildman–Crippen LogP) is 3.57. The van der Waals surface area contributed by atoms with Gasteiger partial charge in [-0.1, -0.05) is 0 Å². The first-order valence-electron chi connectivity index (χ1n) is 8.00. The minimum absolute atomic E-state index is 0.359. The van der Waals surface area contributed by atoms with E-state index in [1.165, 1.54) is 0 Å². The Morgan fingerprint density at radius 3 is 1.55 bits per heavy atom. The highest BCUT2D eigenvalue weighted by Crippen LogP contribution is 2.28. The van der Waals surface area contributed by atoms with E-state index in [1.54, 1.807) is 0 Å². The molecule has 0 saturated heterocycles. The summed E-state index contributed by atoms with van der Waals surface area (Å²) in [5.41, 5.74) is 0. The van der Waals surface area contributed by atoms with Crippen molar-refractivity contribution in [2.24, 2.45) is 0 Å². The van der Waals surface area contributed by atoms with Crippen molar-refractivity contribution < 1.29 is 22.6 Å². The number of hydrogen-bond donors (Lipinski definition) is 2. The van der Waals surface area contributed by atoms with Crippen LogP contribution in [-0.4, -0.2) is 50.3 Å². The van der Waals surface area contributed by atoms with E-state index in [2.05, 4.69) is 58.9 Å². The average Bonchev–Trinajstić information content (AvgIpc) is 2.05. The van der Waals surface area contributed by atoms with E-state index in [1.807, 2.05) is 0 Å². The van der Waals surface area contributed by atoms with Crippen LogP contribution in [0.1, 0.15) is 12.8 Å². The van der Waals surface area contributed by atoms with E-state index < -0.39 is 40.0 Å². The molecule has 134 valence electrons. The number of rotatable bonds is 10. The van der Waals surface area contributed by atoms with Crippen LogP contribution in [-0.2, 0) is 12.3 Å². The molecule has 0 amide bonds. The van der Waals surface area contributed by atoms with Gasteiger partial charge in [0.05, 0.1) is 0 Å². The molecule has 0 heterocycles. The van der Waals surface area contributed by atoms with Crippen molar-refractivity contribution >= 4 is 33.8 Å². The molecule has 0 aromatic carbocycles. The van der Waals surface area contributed by atoms with Gasteiger partial charge in [0.2, 0.25) is 0 Å². The first kappa shape index (κ1) is 22.7. The average molecular weight is 385 g/mol. The zero-order valence-corrected chi connectivity index (χ0v) is 19.8. The lowest BCUT2D eigenvalue weighted by Gasteiger charge is -2.41. The Morgan fingerprint density at radius 1 is 0.727 bits per heavy atom. The molecule has 0 fully saturated rings. The van der Waals surface area contributed by atoms with Gasteiger partial charge in [0.25, 0.3) is 0 Å². The van der Waals surface area contributed by atoms with Gasteiger partial charge in [0.1, 0.15) is 0 Å². The van der Waals surface area contributed by atoms with E-state index in [0.29, 0.717) is 12.8 Å². The molecule has 0 spiro atoms. The fraction of sp³-hybridized carbons (Fsp3) is 1.00. The molecule has 0 aliphatic rings. The molecule has 5 nitrogen and oxygen atoms in total. The Morgan fingerprint density at radius 2 is 1.18 bits per heavy atom. The fourth-order valence-electron chi connectivity index (χ4n) is 2.65. The number of aliphatic hydroxyl groups excluding tert-OH is 1. The third kappa shape index (κ3) is 12.1. The summed E-state index contributed by atoms with van der Waals surface area (Å²) in [6.45, 7) is 19.3. The fourth-order valence-corrected chi connectivity index (χ4v) is 20.6. The van der Waals surface area contributed by atoms with Gasteiger partial charge < -0.3 is 22.6 Å². The smallest absolute Gasteiger partial charge is 0.315 e. The van der Waals surface area contributed by atoms with Crippen LogP contribution >= 0.6 is 0 Å². The molecular formula is C13H36O5Si4. The Bertz CT molecular complexity index is 338. The minimum Gasteiger partial charge on any atom is -0.437 e. The predicted molar refractivity (Wildman–Crippen MR) is 101 cm³/mol. The van der Waals surface area contributed by atoms with E-state index >= 15 is 0 Å². The van der Waals surface area contributed by atoms with Crippen LogP contribution < -0.4 is 0 Å². The number of hydrogen-bond acceptors (Lipinski definition) is 5. The van der Waals surface area contributed by atoms with Crippen molar-refractivity contribution in [2.75, 3.05) is 0 Å². The van der Waals surface area contributed by atoms with Crippen LogP contribution in [0, 0.1) is 0 Å². The zero-order chi connectivity index (χ0) is 17.8. The van der Waals surface area contributed by atoms with Crippen molar-refractivity contribution in [2.45, 2.75) is 84.1 Å². The second-order valence-electron chi connectivity index (χ2n) is 8.44.